The Balaban J connectivity index is 1.73. The van der Waals surface area contributed by atoms with E-state index in [0.717, 1.165) is 44.3 Å². The van der Waals surface area contributed by atoms with E-state index in [1.165, 1.54) is 0 Å². The van der Waals surface area contributed by atoms with E-state index in [-0.39, 0.29) is 18.6 Å². The number of hydrogen-bond acceptors (Lipinski definition) is 4. The number of aliphatic hydroxyl groups is 1. The SMILES string of the molecule is O=C(c1cc(C2CC2)on1)N(CCO)C1CCCC1. The molecule has 5 nitrogen and oxygen atoms in total. The lowest BCUT2D eigenvalue weighted by atomic mass is 10.2. The van der Waals surface area contributed by atoms with Crippen molar-refractivity contribution in [2.75, 3.05) is 13.2 Å². The molecule has 0 unspecified atom stereocenters. The van der Waals surface area contributed by atoms with Crippen molar-refractivity contribution in [3.63, 3.8) is 0 Å². The Morgan fingerprint density at radius 2 is 2.11 bits per heavy atom. The summed E-state index contributed by atoms with van der Waals surface area (Å²) in [6.45, 7) is 0.380. The smallest absolute Gasteiger partial charge is 0.276 e. The van der Waals surface area contributed by atoms with Crippen molar-refractivity contribution < 1.29 is 14.4 Å². The molecule has 104 valence electrons. The number of hydrogen-bond donors (Lipinski definition) is 1. The van der Waals surface area contributed by atoms with Gasteiger partial charge in [-0.2, -0.15) is 0 Å². The van der Waals surface area contributed by atoms with Gasteiger partial charge in [0.15, 0.2) is 5.69 Å². The van der Waals surface area contributed by atoms with Gasteiger partial charge < -0.3 is 14.5 Å². The number of nitrogens with zero attached hydrogens (tertiary/aromatic N) is 2. The average molecular weight is 264 g/mol. The first kappa shape index (κ1) is 12.7. The molecule has 0 atom stereocenters. The van der Waals surface area contributed by atoms with E-state index in [1.54, 1.807) is 11.0 Å². The summed E-state index contributed by atoms with van der Waals surface area (Å²) in [5, 5.41) is 13.1. The Morgan fingerprint density at radius 1 is 1.37 bits per heavy atom. The molecule has 1 heterocycles. The van der Waals surface area contributed by atoms with Gasteiger partial charge in [-0.1, -0.05) is 18.0 Å². The van der Waals surface area contributed by atoms with E-state index in [4.69, 9.17) is 9.63 Å². The fraction of sp³-hybridized carbons (Fsp3) is 0.714. The van der Waals surface area contributed by atoms with Crippen LogP contribution in [0.2, 0.25) is 0 Å². The lowest BCUT2D eigenvalue weighted by Crippen LogP contribution is -2.40. The Kier molecular flexibility index (Phi) is 3.55. The molecule has 0 spiro atoms. The van der Waals surface area contributed by atoms with Crippen molar-refractivity contribution in [3.8, 4) is 0 Å². The molecule has 0 bridgehead atoms. The molecule has 3 rings (SSSR count). The molecule has 2 saturated carbocycles. The predicted octanol–water partition coefficient (Wildman–Crippen LogP) is 1.93. The van der Waals surface area contributed by atoms with Crippen molar-refractivity contribution in [2.45, 2.75) is 50.5 Å². The van der Waals surface area contributed by atoms with Gasteiger partial charge in [0.1, 0.15) is 5.76 Å². The fourth-order valence-electron chi connectivity index (χ4n) is 2.87. The summed E-state index contributed by atoms with van der Waals surface area (Å²) in [5.41, 5.74) is 0.391. The van der Waals surface area contributed by atoms with Crippen LogP contribution in [0.15, 0.2) is 10.6 Å². The van der Waals surface area contributed by atoms with E-state index in [1.807, 2.05) is 0 Å². The molecule has 2 aliphatic rings. The molecule has 1 N–H and O–H groups in total. The Labute approximate surface area is 112 Å². The summed E-state index contributed by atoms with van der Waals surface area (Å²) in [6, 6.07) is 2.03. The van der Waals surface area contributed by atoms with Gasteiger partial charge in [-0.25, -0.2) is 0 Å². The van der Waals surface area contributed by atoms with Crippen LogP contribution in [0, 0.1) is 0 Å². The van der Waals surface area contributed by atoms with Gasteiger partial charge in [0.25, 0.3) is 5.91 Å². The minimum atomic E-state index is -0.100. The highest BCUT2D eigenvalue weighted by Gasteiger charge is 2.32. The molecule has 2 aliphatic carbocycles. The van der Waals surface area contributed by atoms with Gasteiger partial charge in [0.05, 0.1) is 6.61 Å². The molecule has 1 aromatic heterocycles. The van der Waals surface area contributed by atoms with E-state index in [9.17, 15) is 4.79 Å². The number of aromatic nitrogens is 1. The van der Waals surface area contributed by atoms with E-state index in [0.29, 0.717) is 18.2 Å². The lowest BCUT2D eigenvalue weighted by Gasteiger charge is -2.27. The first-order valence-corrected chi connectivity index (χ1v) is 7.18. The second-order valence-corrected chi connectivity index (χ2v) is 5.55. The average Bonchev–Trinajstić information content (AvgIpc) is 2.96. The van der Waals surface area contributed by atoms with E-state index in [2.05, 4.69) is 5.16 Å². The molecule has 2 fully saturated rings. The Morgan fingerprint density at radius 3 is 2.74 bits per heavy atom. The molecular formula is C14H20N2O3. The fourth-order valence-corrected chi connectivity index (χ4v) is 2.87. The normalized spacial score (nSPS) is 19.8. The maximum absolute atomic E-state index is 12.5. The highest BCUT2D eigenvalue weighted by Crippen LogP contribution is 2.40. The van der Waals surface area contributed by atoms with Crippen LogP contribution >= 0.6 is 0 Å². The van der Waals surface area contributed by atoms with Crippen LogP contribution in [0.4, 0.5) is 0 Å². The zero-order valence-corrected chi connectivity index (χ0v) is 11.0. The van der Waals surface area contributed by atoms with Crippen molar-refractivity contribution in [2.24, 2.45) is 0 Å². The molecule has 0 saturated heterocycles. The first-order chi connectivity index (χ1) is 9.29. The second kappa shape index (κ2) is 5.33. The molecule has 0 aromatic carbocycles. The predicted molar refractivity (Wildman–Crippen MR) is 68.9 cm³/mol. The highest BCUT2D eigenvalue weighted by molar-refractivity contribution is 5.92. The lowest BCUT2D eigenvalue weighted by molar-refractivity contribution is 0.0627. The quantitative estimate of drug-likeness (QED) is 0.882. The van der Waals surface area contributed by atoms with Crippen LogP contribution < -0.4 is 0 Å². The molecular weight excluding hydrogens is 244 g/mol. The molecule has 0 aliphatic heterocycles. The number of amides is 1. The van der Waals surface area contributed by atoms with Crippen molar-refractivity contribution in [1.82, 2.24) is 10.1 Å². The molecule has 19 heavy (non-hydrogen) atoms. The minimum absolute atomic E-state index is 0.00439. The monoisotopic (exact) mass is 264 g/mol. The zero-order valence-electron chi connectivity index (χ0n) is 11.0. The third-order valence-corrected chi connectivity index (χ3v) is 4.09. The maximum Gasteiger partial charge on any atom is 0.276 e. The zero-order chi connectivity index (χ0) is 13.2. The van der Waals surface area contributed by atoms with E-state index < -0.39 is 0 Å². The number of carbonyl (C=O) groups is 1. The molecule has 1 amide bonds. The summed E-state index contributed by atoms with van der Waals surface area (Å²) in [4.78, 5) is 14.2. The number of rotatable bonds is 5. The van der Waals surface area contributed by atoms with Crippen molar-refractivity contribution in [3.05, 3.63) is 17.5 Å². The third-order valence-electron chi connectivity index (χ3n) is 4.09. The van der Waals surface area contributed by atoms with Crippen LogP contribution in [0.5, 0.6) is 0 Å². The highest BCUT2D eigenvalue weighted by atomic mass is 16.5. The Bertz CT molecular complexity index is 447. The minimum Gasteiger partial charge on any atom is -0.395 e. The maximum atomic E-state index is 12.5. The summed E-state index contributed by atoms with van der Waals surface area (Å²) in [5.74, 6) is 1.20. The van der Waals surface area contributed by atoms with E-state index >= 15 is 0 Å². The van der Waals surface area contributed by atoms with Crippen LogP contribution in [0.3, 0.4) is 0 Å². The number of aliphatic hydroxyl groups excluding tert-OH is 1. The summed E-state index contributed by atoms with van der Waals surface area (Å²) in [6.07, 6.45) is 6.63. The first-order valence-electron chi connectivity index (χ1n) is 7.18. The van der Waals surface area contributed by atoms with Crippen molar-refractivity contribution >= 4 is 5.91 Å². The van der Waals surface area contributed by atoms with Crippen LogP contribution in [-0.2, 0) is 0 Å². The summed E-state index contributed by atoms with van der Waals surface area (Å²) < 4.78 is 5.24. The van der Waals surface area contributed by atoms with Crippen LogP contribution in [0.1, 0.15) is 60.7 Å². The van der Waals surface area contributed by atoms with Crippen LogP contribution in [-0.4, -0.2) is 40.3 Å². The van der Waals surface area contributed by atoms with Gasteiger partial charge >= 0.3 is 0 Å². The largest absolute Gasteiger partial charge is 0.395 e. The van der Waals surface area contributed by atoms with Gasteiger partial charge in [0.2, 0.25) is 0 Å². The molecule has 0 radical (unpaired) electrons. The topological polar surface area (TPSA) is 66.6 Å². The van der Waals surface area contributed by atoms with Crippen LogP contribution in [0.25, 0.3) is 0 Å². The van der Waals surface area contributed by atoms with Gasteiger partial charge in [-0.3, -0.25) is 4.79 Å². The molecule has 1 aromatic rings. The summed E-state index contributed by atoms with van der Waals surface area (Å²) >= 11 is 0. The molecule has 5 heteroatoms. The standard InChI is InChI=1S/C14H20N2O3/c17-8-7-16(11-3-1-2-4-11)14(18)12-9-13(19-15-12)10-5-6-10/h9-11,17H,1-8H2. The van der Waals surface area contributed by atoms with Gasteiger partial charge in [-0.05, 0) is 25.7 Å². The summed E-state index contributed by atoms with van der Waals surface area (Å²) in [7, 11) is 0. The van der Waals surface area contributed by atoms with Crippen molar-refractivity contribution in [1.29, 1.82) is 0 Å². The number of carbonyl (C=O) groups excluding carboxylic acids is 1. The second-order valence-electron chi connectivity index (χ2n) is 5.55. The van der Waals surface area contributed by atoms with Gasteiger partial charge in [-0.15, -0.1) is 0 Å². The van der Waals surface area contributed by atoms with Gasteiger partial charge in [0, 0.05) is 24.6 Å². The Hall–Kier alpha value is -1.36. The third kappa shape index (κ3) is 2.66.